The Morgan fingerprint density at radius 1 is 1.29 bits per heavy atom. The van der Waals surface area contributed by atoms with Gasteiger partial charge in [-0.15, -0.1) is 0 Å². The molecule has 2 aliphatic carbocycles. The van der Waals surface area contributed by atoms with Gasteiger partial charge in [0, 0.05) is 12.0 Å². The van der Waals surface area contributed by atoms with E-state index in [0.717, 1.165) is 16.7 Å². The van der Waals surface area contributed by atoms with Gasteiger partial charge in [-0.25, -0.2) is 0 Å². The molecule has 0 aliphatic heterocycles. The highest BCUT2D eigenvalue weighted by Crippen LogP contribution is 2.57. The van der Waals surface area contributed by atoms with Crippen LogP contribution in [0.4, 0.5) is 0 Å². The number of carbonyl (C=O) groups is 2. The molecular weight excluding hydrogens is 304 g/mol. The molecule has 0 amide bonds. The minimum absolute atomic E-state index is 0.00319. The summed E-state index contributed by atoms with van der Waals surface area (Å²) < 4.78 is 0. The van der Waals surface area contributed by atoms with Crippen molar-refractivity contribution in [1.82, 2.24) is 0 Å². The van der Waals surface area contributed by atoms with Crippen molar-refractivity contribution in [1.29, 1.82) is 0 Å². The Morgan fingerprint density at radius 2 is 1.96 bits per heavy atom. The molecule has 0 bridgehead atoms. The van der Waals surface area contributed by atoms with Crippen LogP contribution in [0.25, 0.3) is 0 Å². The first-order valence-corrected chi connectivity index (χ1v) is 8.71. The average Bonchev–Trinajstić information content (AvgIpc) is 2.53. The van der Waals surface area contributed by atoms with Crippen LogP contribution in [-0.2, 0) is 10.2 Å². The van der Waals surface area contributed by atoms with Crippen LogP contribution in [0.2, 0.25) is 0 Å². The molecule has 4 atom stereocenters. The number of rotatable bonds is 2. The van der Waals surface area contributed by atoms with Gasteiger partial charge in [0.1, 0.15) is 0 Å². The van der Waals surface area contributed by atoms with Gasteiger partial charge in [0.15, 0.2) is 5.78 Å². The number of carbonyl (C=O) groups excluding carboxylic acids is 1. The lowest BCUT2D eigenvalue weighted by atomic mass is 9.48. The molecular formula is C20H26O4. The fourth-order valence-corrected chi connectivity index (χ4v) is 4.80. The van der Waals surface area contributed by atoms with E-state index >= 15 is 0 Å². The van der Waals surface area contributed by atoms with Crippen molar-refractivity contribution in [3.8, 4) is 0 Å². The van der Waals surface area contributed by atoms with Crippen molar-refractivity contribution in [3.63, 3.8) is 0 Å². The molecule has 1 aromatic carbocycles. The van der Waals surface area contributed by atoms with Gasteiger partial charge in [-0.05, 0) is 54.2 Å². The van der Waals surface area contributed by atoms with Gasteiger partial charge in [0.05, 0.1) is 11.5 Å². The van der Waals surface area contributed by atoms with E-state index in [2.05, 4.69) is 20.8 Å². The van der Waals surface area contributed by atoms with Crippen molar-refractivity contribution < 1.29 is 19.8 Å². The molecule has 0 unspecified atom stereocenters. The molecule has 0 radical (unpaired) electrons. The third-order valence-corrected chi connectivity index (χ3v) is 6.60. The molecule has 1 saturated carbocycles. The van der Waals surface area contributed by atoms with E-state index in [1.165, 1.54) is 0 Å². The second-order valence-corrected chi connectivity index (χ2v) is 8.20. The Balaban J connectivity index is 2.18. The van der Waals surface area contributed by atoms with E-state index in [1.54, 1.807) is 6.92 Å². The summed E-state index contributed by atoms with van der Waals surface area (Å²) in [7, 11) is 0. The first-order valence-electron chi connectivity index (χ1n) is 8.71. The van der Waals surface area contributed by atoms with E-state index in [4.69, 9.17) is 0 Å². The van der Waals surface area contributed by atoms with Crippen LogP contribution in [0.3, 0.4) is 0 Å². The molecule has 0 saturated heterocycles. The number of hydrogen-bond donors (Lipinski definition) is 2. The lowest BCUT2D eigenvalue weighted by Gasteiger charge is -2.54. The van der Waals surface area contributed by atoms with Crippen LogP contribution in [0, 0.1) is 11.3 Å². The number of carboxylic acid groups (broad SMARTS) is 1. The Kier molecular flexibility index (Phi) is 3.87. The lowest BCUT2D eigenvalue weighted by molar-refractivity contribution is -0.170. The van der Waals surface area contributed by atoms with E-state index in [-0.39, 0.29) is 12.2 Å². The number of aliphatic hydroxyl groups is 1. The molecule has 1 aromatic rings. The maximum atomic E-state index is 12.8. The molecule has 0 aromatic heterocycles. The SMILES string of the molecule is CC(C)c1ccc2c(c1)C(=O)C[C@H]1[C@@](C)(C(=O)O)[C@H](O)CC[C@]21C. The molecule has 4 heteroatoms. The van der Waals surface area contributed by atoms with Crippen LogP contribution >= 0.6 is 0 Å². The second kappa shape index (κ2) is 5.41. The maximum absolute atomic E-state index is 12.8. The highest BCUT2D eigenvalue weighted by molar-refractivity contribution is 6.00. The maximum Gasteiger partial charge on any atom is 0.312 e. The molecule has 3 rings (SSSR count). The van der Waals surface area contributed by atoms with Crippen LogP contribution in [0.15, 0.2) is 18.2 Å². The van der Waals surface area contributed by atoms with Crippen LogP contribution in [0.1, 0.15) is 74.4 Å². The summed E-state index contributed by atoms with van der Waals surface area (Å²) in [6, 6.07) is 6.04. The third-order valence-electron chi connectivity index (χ3n) is 6.60. The van der Waals surface area contributed by atoms with Gasteiger partial charge < -0.3 is 10.2 Å². The first kappa shape index (κ1) is 17.2. The van der Waals surface area contributed by atoms with Gasteiger partial charge in [0.25, 0.3) is 0 Å². The van der Waals surface area contributed by atoms with Crippen LogP contribution in [0.5, 0.6) is 0 Å². The van der Waals surface area contributed by atoms with Crippen molar-refractivity contribution >= 4 is 11.8 Å². The van der Waals surface area contributed by atoms with Crippen LogP contribution in [-0.4, -0.2) is 28.1 Å². The Morgan fingerprint density at radius 3 is 2.54 bits per heavy atom. The molecule has 4 nitrogen and oxygen atoms in total. The molecule has 0 spiro atoms. The number of ketones is 1. The summed E-state index contributed by atoms with van der Waals surface area (Å²) >= 11 is 0. The number of Topliss-reactive ketones (excluding diaryl/α,β-unsaturated/α-hetero) is 1. The summed E-state index contributed by atoms with van der Waals surface area (Å²) in [5.74, 6) is -1.07. The Labute approximate surface area is 142 Å². The molecule has 24 heavy (non-hydrogen) atoms. The van der Waals surface area contributed by atoms with Crippen molar-refractivity contribution in [2.75, 3.05) is 0 Å². The zero-order chi connectivity index (χ0) is 17.9. The van der Waals surface area contributed by atoms with Gasteiger partial charge in [-0.1, -0.05) is 32.9 Å². The summed E-state index contributed by atoms with van der Waals surface area (Å²) in [6.07, 6.45) is 0.404. The quantitative estimate of drug-likeness (QED) is 0.870. The van der Waals surface area contributed by atoms with Gasteiger partial charge in [-0.3, -0.25) is 9.59 Å². The van der Waals surface area contributed by atoms with Crippen LogP contribution < -0.4 is 0 Å². The van der Waals surface area contributed by atoms with E-state index in [0.29, 0.717) is 18.8 Å². The summed E-state index contributed by atoms with van der Waals surface area (Å²) in [4.78, 5) is 24.8. The number of hydrogen-bond acceptors (Lipinski definition) is 3. The number of aliphatic carboxylic acids is 1. The summed E-state index contributed by atoms with van der Waals surface area (Å²) in [6.45, 7) is 7.85. The van der Waals surface area contributed by atoms with Gasteiger partial charge in [-0.2, -0.15) is 0 Å². The summed E-state index contributed by atoms with van der Waals surface area (Å²) in [5.41, 5.74) is 1.12. The minimum Gasteiger partial charge on any atom is -0.481 e. The van der Waals surface area contributed by atoms with Gasteiger partial charge in [0.2, 0.25) is 0 Å². The van der Waals surface area contributed by atoms with E-state index in [1.807, 2.05) is 18.2 Å². The Bertz CT molecular complexity index is 708. The average molecular weight is 330 g/mol. The van der Waals surface area contributed by atoms with Gasteiger partial charge >= 0.3 is 5.97 Å². The minimum atomic E-state index is -1.29. The van der Waals surface area contributed by atoms with Crippen molar-refractivity contribution in [3.05, 3.63) is 34.9 Å². The fraction of sp³-hybridized carbons (Fsp3) is 0.600. The summed E-state index contributed by atoms with van der Waals surface area (Å²) in [5, 5.41) is 20.2. The zero-order valence-corrected chi connectivity index (χ0v) is 14.8. The smallest absolute Gasteiger partial charge is 0.312 e. The highest BCUT2D eigenvalue weighted by Gasteiger charge is 2.60. The molecule has 0 heterocycles. The number of aliphatic hydroxyl groups excluding tert-OH is 1. The first-order chi connectivity index (χ1) is 11.1. The molecule has 2 aliphatic rings. The number of carboxylic acids is 1. The van der Waals surface area contributed by atoms with Crippen molar-refractivity contribution in [2.24, 2.45) is 11.3 Å². The second-order valence-electron chi connectivity index (χ2n) is 8.20. The highest BCUT2D eigenvalue weighted by atomic mass is 16.4. The van der Waals surface area contributed by atoms with Crippen molar-refractivity contribution in [2.45, 2.75) is 64.4 Å². The standard InChI is InChI=1S/C20H26O4/c1-11(2)12-5-6-14-13(9-12)15(21)10-16-19(14,3)8-7-17(22)20(16,4)18(23)24/h5-6,9,11,16-17,22H,7-8,10H2,1-4H3,(H,23,24)/t16-,17-,19-,20-/m1/s1. The molecule has 130 valence electrons. The number of benzene rings is 1. The van der Waals surface area contributed by atoms with E-state index in [9.17, 15) is 19.8 Å². The zero-order valence-electron chi connectivity index (χ0n) is 14.8. The topological polar surface area (TPSA) is 74.6 Å². The Hall–Kier alpha value is -1.68. The number of fused-ring (bicyclic) bond motifs is 3. The predicted molar refractivity (Wildman–Crippen MR) is 91.3 cm³/mol. The largest absolute Gasteiger partial charge is 0.481 e. The van der Waals surface area contributed by atoms with E-state index < -0.39 is 28.8 Å². The lowest BCUT2D eigenvalue weighted by Crippen LogP contribution is -2.59. The predicted octanol–water partition coefficient (Wildman–Crippen LogP) is 3.52. The molecule has 2 N–H and O–H groups in total. The third kappa shape index (κ3) is 2.16. The fourth-order valence-electron chi connectivity index (χ4n) is 4.80. The normalized spacial score (nSPS) is 35.5. The monoisotopic (exact) mass is 330 g/mol. The molecule has 1 fully saturated rings.